The molecule has 0 aliphatic carbocycles. The van der Waals surface area contributed by atoms with Crippen molar-refractivity contribution < 1.29 is 5.11 Å². The van der Waals surface area contributed by atoms with Gasteiger partial charge < -0.3 is 5.11 Å². The molecule has 0 aromatic heterocycles. The van der Waals surface area contributed by atoms with E-state index in [2.05, 4.69) is 46.6 Å². The number of hydrogen-bond acceptors (Lipinski definition) is 1. The Kier molecular flexibility index (Phi) is 12.1. The Morgan fingerprint density at radius 3 is 1.56 bits per heavy atom. The molecule has 0 bridgehead atoms. The van der Waals surface area contributed by atoms with Gasteiger partial charge in [0, 0.05) is 9.13 Å². The number of rotatable bonds is 1. The summed E-state index contributed by atoms with van der Waals surface area (Å²) in [5, 5.41) is 9.81. The van der Waals surface area contributed by atoms with Crippen LogP contribution in [0.3, 0.4) is 0 Å². The molecule has 0 amide bonds. The molecule has 25 heavy (non-hydrogen) atoms. The van der Waals surface area contributed by atoms with E-state index in [0.29, 0.717) is 0 Å². The van der Waals surface area contributed by atoms with Gasteiger partial charge in [0.1, 0.15) is 6.10 Å². The molecule has 0 radical (unpaired) electrons. The number of hydrogen-bond donors (Lipinski definition) is 1. The van der Waals surface area contributed by atoms with E-state index in [9.17, 15) is 5.11 Å². The lowest BCUT2D eigenvalue weighted by molar-refractivity contribution is 0.238. The van der Waals surface area contributed by atoms with Crippen molar-refractivity contribution in [3.05, 3.63) is 106 Å². The van der Waals surface area contributed by atoms with Crippen molar-refractivity contribution in [1.82, 2.24) is 0 Å². The van der Waals surface area contributed by atoms with Crippen LogP contribution < -0.4 is 0 Å². The SMILES string of the molecule is C.C.Ic1ccccc1.OC(C#Cc1ccccc1)c1ccccc1. The van der Waals surface area contributed by atoms with Crippen LogP contribution in [-0.4, -0.2) is 5.11 Å². The van der Waals surface area contributed by atoms with Gasteiger partial charge >= 0.3 is 0 Å². The highest BCUT2D eigenvalue weighted by Gasteiger charge is 2.00. The Hall–Kier alpha value is -2.09. The molecule has 3 rings (SSSR count). The Morgan fingerprint density at radius 2 is 1.12 bits per heavy atom. The average Bonchev–Trinajstić information content (AvgIpc) is 2.62. The Morgan fingerprint density at radius 1 is 0.680 bits per heavy atom. The van der Waals surface area contributed by atoms with Crippen molar-refractivity contribution in [2.45, 2.75) is 21.0 Å². The van der Waals surface area contributed by atoms with E-state index < -0.39 is 6.10 Å². The maximum Gasteiger partial charge on any atom is 0.140 e. The molecule has 3 aromatic rings. The Balaban J connectivity index is 0.000000547. The van der Waals surface area contributed by atoms with E-state index in [1.807, 2.05) is 78.9 Å². The van der Waals surface area contributed by atoms with Crippen LogP contribution >= 0.6 is 22.6 Å². The minimum atomic E-state index is -0.721. The second kappa shape index (κ2) is 13.2. The summed E-state index contributed by atoms with van der Waals surface area (Å²) in [5.74, 6) is 5.76. The van der Waals surface area contributed by atoms with E-state index in [1.54, 1.807) is 0 Å². The molecule has 1 unspecified atom stereocenters. The summed E-state index contributed by atoms with van der Waals surface area (Å²) in [6.07, 6.45) is -0.721. The maximum atomic E-state index is 9.81. The zero-order valence-corrected chi connectivity index (χ0v) is 14.7. The fourth-order valence-corrected chi connectivity index (χ4v) is 2.22. The zero-order chi connectivity index (χ0) is 16.3. The van der Waals surface area contributed by atoms with E-state index in [1.165, 1.54) is 3.57 Å². The first kappa shape index (κ1) is 22.9. The van der Waals surface area contributed by atoms with Gasteiger partial charge in [-0.15, -0.1) is 0 Å². The summed E-state index contributed by atoms with van der Waals surface area (Å²) in [5.41, 5.74) is 1.74. The highest BCUT2D eigenvalue weighted by atomic mass is 127. The van der Waals surface area contributed by atoms with Crippen molar-refractivity contribution in [3.63, 3.8) is 0 Å². The summed E-state index contributed by atoms with van der Waals surface area (Å²) in [6, 6.07) is 29.3. The highest BCUT2D eigenvalue weighted by Crippen LogP contribution is 2.10. The molecule has 130 valence electrons. The monoisotopic (exact) mass is 444 g/mol. The largest absolute Gasteiger partial charge is 0.376 e. The predicted molar refractivity (Wildman–Crippen MR) is 117 cm³/mol. The molecule has 1 nitrogen and oxygen atoms in total. The van der Waals surface area contributed by atoms with Gasteiger partial charge in [-0.05, 0) is 52.4 Å². The lowest BCUT2D eigenvalue weighted by Crippen LogP contribution is -1.92. The molecular formula is C23H25IO. The van der Waals surface area contributed by atoms with E-state index in [4.69, 9.17) is 0 Å². The first-order valence-corrected chi connectivity index (χ1v) is 8.34. The molecule has 0 fully saturated rings. The van der Waals surface area contributed by atoms with Gasteiger partial charge in [0.05, 0.1) is 0 Å². The Labute approximate surface area is 165 Å². The van der Waals surface area contributed by atoms with E-state index in [-0.39, 0.29) is 14.9 Å². The molecular weight excluding hydrogens is 419 g/mol. The quantitative estimate of drug-likeness (QED) is 0.343. The molecule has 0 aliphatic heterocycles. The lowest BCUT2D eigenvalue weighted by atomic mass is 10.1. The summed E-state index contributed by atoms with van der Waals surface area (Å²) >= 11 is 2.28. The van der Waals surface area contributed by atoms with Gasteiger partial charge in [0.25, 0.3) is 0 Å². The first-order valence-electron chi connectivity index (χ1n) is 7.26. The smallest absolute Gasteiger partial charge is 0.140 e. The number of halogens is 1. The fraction of sp³-hybridized carbons (Fsp3) is 0.130. The van der Waals surface area contributed by atoms with Crippen LogP contribution in [0.15, 0.2) is 91.0 Å². The second-order valence-electron chi connectivity index (χ2n) is 4.74. The van der Waals surface area contributed by atoms with Crippen molar-refractivity contribution in [2.75, 3.05) is 0 Å². The van der Waals surface area contributed by atoms with Crippen molar-refractivity contribution in [3.8, 4) is 11.8 Å². The number of benzene rings is 3. The van der Waals surface area contributed by atoms with Crippen LogP contribution in [-0.2, 0) is 0 Å². The van der Waals surface area contributed by atoms with Crippen molar-refractivity contribution in [1.29, 1.82) is 0 Å². The first-order chi connectivity index (χ1) is 11.3. The Bertz CT molecular complexity index is 744. The fourth-order valence-electron chi connectivity index (χ4n) is 1.81. The summed E-state index contributed by atoms with van der Waals surface area (Å²) < 4.78 is 1.29. The van der Waals surface area contributed by atoms with Crippen LogP contribution in [0.2, 0.25) is 0 Å². The van der Waals surface area contributed by atoms with Crippen molar-refractivity contribution >= 4 is 22.6 Å². The number of aliphatic hydroxyl groups is 1. The molecule has 1 atom stereocenters. The topological polar surface area (TPSA) is 20.2 Å². The zero-order valence-electron chi connectivity index (χ0n) is 12.6. The predicted octanol–water partition coefficient (Wildman–Crippen LogP) is 6.34. The average molecular weight is 444 g/mol. The maximum absolute atomic E-state index is 9.81. The summed E-state index contributed by atoms with van der Waals surface area (Å²) in [4.78, 5) is 0. The van der Waals surface area contributed by atoms with Crippen LogP contribution in [0.25, 0.3) is 0 Å². The minimum Gasteiger partial charge on any atom is -0.376 e. The summed E-state index contributed by atoms with van der Waals surface area (Å²) in [7, 11) is 0. The molecule has 0 aliphatic rings. The second-order valence-corrected chi connectivity index (χ2v) is 5.99. The molecule has 1 N–H and O–H groups in total. The van der Waals surface area contributed by atoms with Gasteiger partial charge in [0.15, 0.2) is 0 Å². The van der Waals surface area contributed by atoms with E-state index >= 15 is 0 Å². The molecule has 0 saturated heterocycles. The molecule has 3 aromatic carbocycles. The third kappa shape index (κ3) is 9.09. The van der Waals surface area contributed by atoms with Crippen LogP contribution in [0.4, 0.5) is 0 Å². The third-order valence-electron chi connectivity index (χ3n) is 2.98. The normalized spacial score (nSPS) is 9.68. The molecule has 2 heteroatoms. The van der Waals surface area contributed by atoms with Gasteiger partial charge in [-0.2, -0.15) is 0 Å². The van der Waals surface area contributed by atoms with Crippen molar-refractivity contribution in [2.24, 2.45) is 0 Å². The van der Waals surface area contributed by atoms with Gasteiger partial charge in [-0.3, -0.25) is 0 Å². The van der Waals surface area contributed by atoms with Gasteiger partial charge in [-0.1, -0.05) is 93.4 Å². The molecule has 0 spiro atoms. The van der Waals surface area contributed by atoms with E-state index in [0.717, 1.165) is 11.1 Å². The van der Waals surface area contributed by atoms with Gasteiger partial charge in [0.2, 0.25) is 0 Å². The standard InChI is InChI=1S/C15H12O.C6H5I.2CH4/c16-15(14-9-5-2-6-10-14)12-11-13-7-3-1-4-8-13;7-6-4-2-1-3-5-6;;/h1-10,15-16H;1-5H;2*1H4. The van der Waals surface area contributed by atoms with Crippen LogP contribution in [0, 0.1) is 15.4 Å². The van der Waals surface area contributed by atoms with Crippen LogP contribution in [0.1, 0.15) is 32.1 Å². The summed E-state index contributed by atoms with van der Waals surface area (Å²) in [6.45, 7) is 0. The molecule has 0 heterocycles. The number of aliphatic hydroxyl groups excluding tert-OH is 1. The highest BCUT2D eigenvalue weighted by molar-refractivity contribution is 14.1. The third-order valence-corrected chi connectivity index (χ3v) is 3.69. The lowest BCUT2D eigenvalue weighted by Gasteiger charge is -2.01. The molecule has 0 saturated carbocycles. The van der Waals surface area contributed by atoms with Crippen LogP contribution in [0.5, 0.6) is 0 Å². The van der Waals surface area contributed by atoms with Gasteiger partial charge in [-0.25, -0.2) is 0 Å². The minimum absolute atomic E-state index is 0.